The first-order valence-electron chi connectivity index (χ1n) is 13.3. The number of thiophene rings is 1. The van der Waals surface area contributed by atoms with Gasteiger partial charge in [0.15, 0.2) is 5.78 Å². The van der Waals surface area contributed by atoms with E-state index in [1.165, 1.54) is 0 Å². The van der Waals surface area contributed by atoms with Crippen LogP contribution in [0.5, 0.6) is 5.75 Å². The fraction of sp³-hybridized carbons (Fsp3) is 0.452. The van der Waals surface area contributed by atoms with Crippen molar-refractivity contribution in [2.24, 2.45) is 5.92 Å². The van der Waals surface area contributed by atoms with Crippen LogP contribution in [0.2, 0.25) is 0 Å². The summed E-state index contributed by atoms with van der Waals surface area (Å²) in [6, 6.07) is 11.5. The molecule has 2 aliphatic rings. The predicted octanol–water partition coefficient (Wildman–Crippen LogP) is 5.77. The Labute approximate surface area is 234 Å². The van der Waals surface area contributed by atoms with Crippen LogP contribution in [0.3, 0.4) is 0 Å². The first kappa shape index (κ1) is 28.6. The van der Waals surface area contributed by atoms with Gasteiger partial charge in [0, 0.05) is 32.6 Å². The molecule has 2 aromatic rings. The highest BCUT2D eigenvalue weighted by atomic mass is 32.1. The minimum Gasteiger partial charge on any atom is -0.496 e. The number of benzene rings is 1. The minimum absolute atomic E-state index is 0.102. The summed E-state index contributed by atoms with van der Waals surface area (Å²) in [7, 11) is 1.57. The van der Waals surface area contributed by atoms with E-state index in [4.69, 9.17) is 14.2 Å². The van der Waals surface area contributed by atoms with Crippen LogP contribution in [-0.2, 0) is 29.3 Å². The third-order valence-electron chi connectivity index (χ3n) is 7.24. The molecule has 1 aromatic heterocycles. The van der Waals surface area contributed by atoms with Crippen LogP contribution in [0.25, 0.3) is 0 Å². The second-order valence-electron chi connectivity index (χ2n) is 10.8. The molecule has 39 heavy (non-hydrogen) atoms. The van der Waals surface area contributed by atoms with Gasteiger partial charge in [0.05, 0.1) is 31.8 Å². The smallest absolute Gasteiger partial charge is 0.336 e. The van der Waals surface area contributed by atoms with E-state index >= 15 is 0 Å². The molecular weight excluding hydrogens is 514 g/mol. The Bertz CT molecular complexity index is 1340. The second-order valence-corrected chi connectivity index (χ2v) is 11.9. The van der Waals surface area contributed by atoms with Gasteiger partial charge in [-0.25, -0.2) is 4.79 Å². The van der Waals surface area contributed by atoms with Gasteiger partial charge in [-0.3, -0.25) is 9.59 Å². The van der Waals surface area contributed by atoms with Crippen molar-refractivity contribution in [2.75, 3.05) is 20.3 Å². The predicted molar refractivity (Wildman–Crippen MR) is 151 cm³/mol. The van der Waals surface area contributed by atoms with Gasteiger partial charge in [-0.1, -0.05) is 39.0 Å². The van der Waals surface area contributed by atoms with Crippen LogP contribution in [0.15, 0.2) is 58.9 Å². The molecular formula is C31H37NO6S. The quantitative estimate of drug-likeness (QED) is 0.345. The number of allylic oxidation sites excluding steroid dienone is 3. The van der Waals surface area contributed by atoms with E-state index in [1.807, 2.05) is 43.3 Å². The summed E-state index contributed by atoms with van der Waals surface area (Å²) >= 11 is 1.58. The number of dihydropyridines is 1. The molecule has 3 atom stereocenters. The first-order chi connectivity index (χ1) is 18.5. The lowest BCUT2D eigenvalue weighted by Gasteiger charge is -2.39. The monoisotopic (exact) mass is 551 g/mol. The number of hydrogen-bond donors (Lipinski definition) is 1. The number of esters is 2. The maximum Gasteiger partial charge on any atom is 0.336 e. The van der Waals surface area contributed by atoms with Crippen LogP contribution in [0, 0.1) is 5.92 Å². The number of hydrogen-bond acceptors (Lipinski definition) is 8. The zero-order valence-corrected chi connectivity index (χ0v) is 24.5. The third-order valence-corrected chi connectivity index (χ3v) is 8.82. The van der Waals surface area contributed by atoms with Gasteiger partial charge in [-0.05, 0) is 56.4 Å². The molecule has 3 unspecified atom stereocenters. The largest absolute Gasteiger partial charge is 0.496 e. The lowest BCUT2D eigenvalue weighted by Crippen LogP contribution is -2.43. The van der Waals surface area contributed by atoms with Gasteiger partial charge in [0.2, 0.25) is 0 Å². The molecule has 0 radical (unpaired) electrons. The maximum atomic E-state index is 14.5. The summed E-state index contributed by atoms with van der Waals surface area (Å²) in [5, 5.41) is 3.35. The minimum atomic E-state index is -1.08. The maximum absolute atomic E-state index is 14.5. The molecule has 7 nitrogen and oxygen atoms in total. The van der Waals surface area contributed by atoms with E-state index < -0.39 is 29.7 Å². The molecule has 8 heteroatoms. The summed E-state index contributed by atoms with van der Waals surface area (Å²) < 4.78 is 16.5. The summed E-state index contributed by atoms with van der Waals surface area (Å²) in [6.07, 6.45) is 0.381. The molecule has 1 aliphatic carbocycles. The Hall–Kier alpha value is -3.39. The Morgan fingerprint density at radius 2 is 1.74 bits per heavy atom. The number of nitrogens with one attached hydrogen (secondary N) is 1. The number of carbonyl (C=O) groups is 3. The van der Waals surface area contributed by atoms with Crippen molar-refractivity contribution in [3.63, 3.8) is 0 Å². The van der Waals surface area contributed by atoms with Crippen LogP contribution >= 0.6 is 11.3 Å². The number of rotatable bonds is 7. The van der Waals surface area contributed by atoms with Gasteiger partial charge in [-0.2, -0.15) is 0 Å². The number of para-hydroxylation sites is 1. The van der Waals surface area contributed by atoms with Gasteiger partial charge < -0.3 is 19.5 Å². The summed E-state index contributed by atoms with van der Waals surface area (Å²) in [4.78, 5) is 43.2. The number of Topliss-reactive ketones (excluding diaryl/α,β-unsaturated/α-hetero) is 1. The van der Waals surface area contributed by atoms with Gasteiger partial charge in [0.1, 0.15) is 11.7 Å². The fourth-order valence-electron chi connectivity index (χ4n) is 5.48. The van der Waals surface area contributed by atoms with Gasteiger partial charge in [-0.15, -0.1) is 11.3 Å². The van der Waals surface area contributed by atoms with E-state index in [9.17, 15) is 14.4 Å². The van der Waals surface area contributed by atoms with Crippen LogP contribution in [-0.4, -0.2) is 38.0 Å². The first-order valence-corrected chi connectivity index (χ1v) is 14.2. The standard InChI is InChI=1S/C31H37NO6S/c1-8-37-29(34)24-17(3)32-20-16-19(18-12-10-11-13-21(18)36-7)25(30(35)38-9-2)28(33)26(20)27(24)22-14-15-23(39-22)31(4,5)6/h10-15,19,25,27,32H,8-9,16H2,1-7H3. The third kappa shape index (κ3) is 5.39. The van der Waals surface area contributed by atoms with Crippen molar-refractivity contribution in [3.8, 4) is 5.75 Å². The Morgan fingerprint density at radius 3 is 2.36 bits per heavy atom. The molecule has 0 amide bonds. The van der Waals surface area contributed by atoms with Crippen molar-refractivity contribution in [1.29, 1.82) is 0 Å². The number of methoxy groups -OCH3 is 1. The SMILES string of the molecule is CCOC(=O)C1=C(C)NC2=C(C(=O)C(C(=O)OCC)C(c3ccccc3OC)C2)C1c1ccc(C(C)(C)C)s1. The van der Waals surface area contributed by atoms with Gasteiger partial charge in [0.25, 0.3) is 0 Å². The Morgan fingerprint density at radius 1 is 1.05 bits per heavy atom. The van der Waals surface area contributed by atoms with E-state index in [2.05, 4.69) is 26.1 Å². The van der Waals surface area contributed by atoms with Gasteiger partial charge >= 0.3 is 11.9 Å². The second kappa shape index (κ2) is 11.4. The highest BCUT2D eigenvalue weighted by Crippen LogP contribution is 2.51. The zero-order valence-electron chi connectivity index (χ0n) is 23.7. The fourth-order valence-corrected chi connectivity index (χ4v) is 6.66. The van der Waals surface area contributed by atoms with Crippen molar-refractivity contribution >= 4 is 29.1 Å². The molecule has 0 spiro atoms. The Balaban J connectivity index is 1.92. The molecule has 1 aromatic carbocycles. The average molecular weight is 552 g/mol. The molecule has 0 bridgehead atoms. The summed E-state index contributed by atoms with van der Waals surface area (Å²) in [5.74, 6) is -3.01. The number of ether oxygens (including phenoxy) is 3. The molecule has 0 saturated heterocycles. The van der Waals surface area contributed by atoms with Crippen LogP contribution in [0.1, 0.15) is 75.1 Å². The van der Waals surface area contributed by atoms with E-state index in [-0.39, 0.29) is 24.4 Å². The zero-order chi connectivity index (χ0) is 28.5. The highest BCUT2D eigenvalue weighted by molar-refractivity contribution is 7.12. The number of ketones is 1. The molecule has 1 aliphatic heterocycles. The molecule has 208 valence electrons. The van der Waals surface area contributed by atoms with Crippen molar-refractivity contribution in [1.82, 2.24) is 5.32 Å². The molecule has 4 rings (SSSR count). The lowest BCUT2D eigenvalue weighted by atomic mass is 9.68. The summed E-state index contributed by atoms with van der Waals surface area (Å²) in [5.41, 5.74) is 2.83. The normalized spacial score (nSPS) is 21.3. The number of carbonyl (C=O) groups excluding carboxylic acids is 3. The van der Waals surface area contributed by atoms with Crippen molar-refractivity contribution in [3.05, 3.63) is 74.3 Å². The van der Waals surface area contributed by atoms with Crippen LogP contribution < -0.4 is 10.1 Å². The molecule has 1 N–H and O–H groups in total. The Kier molecular flexibility index (Phi) is 8.35. The molecule has 0 fully saturated rings. The molecule has 2 heterocycles. The van der Waals surface area contributed by atoms with Crippen LogP contribution in [0.4, 0.5) is 0 Å². The summed E-state index contributed by atoms with van der Waals surface area (Å²) in [6.45, 7) is 12.1. The highest BCUT2D eigenvalue weighted by Gasteiger charge is 2.50. The molecule has 0 saturated carbocycles. The lowest BCUT2D eigenvalue weighted by molar-refractivity contribution is -0.152. The van der Waals surface area contributed by atoms with E-state index in [1.54, 1.807) is 32.3 Å². The van der Waals surface area contributed by atoms with E-state index in [0.29, 0.717) is 34.7 Å². The van der Waals surface area contributed by atoms with Crippen molar-refractivity contribution < 1.29 is 28.6 Å². The van der Waals surface area contributed by atoms with Crippen molar-refractivity contribution in [2.45, 2.75) is 65.2 Å². The average Bonchev–Trinajstić information content (AvgIpc) is 3.39. The topological polar surface area (TPSA) is 90.9 Å². The van der Waals surface area contributed by atoms with E-state index in [0.717, 1.165) is 15.3 Å².